The fourth-order valence-electron chi connectivity index (χ4n) is 2.34. The van der Waals surface area contributed by atoms with E-state index in [2.05, 4.69) is 0 Å². The van der Waals surface area contributed by atoms with Crippen molar-refractivity contribution in [3.8, 4) is 11.5 Å². The molecule has 1 aliphatic rings. The second kappa shape index (κ2) is 4.96. The van der Waals surface area contributed by atoms with Gasteiger partial charge in [0.1, 0.15) is 23.4 Å². The zero-order valence-electron chi connectivity index (χ0n) is 10.4. The van der Waals surface area contributed by atoms with Gasteiger partial charge in [0.05, 0.1) is 11.1 Å². The highest BCUT2D eigenvalue weighted by Gasteiger charge is 2.28. The summed E-state index contributed by atoms with van der Waals surface area (Å²) in [5.74, 6) is -0.100. The van der Waals surface area contributed by atoms with Crippen LogP contribution in [0.2, 0.25) is 5.02 Å². The van der Waals surface area contributed by atoms with Gasteiger partial charge in [-0.3, -0.25) is 0 Å². The van der Waals surface area contributed by atoms with Gasteiger partial charge in [0.2, 0.25) is 0 Å². The highest BCUT2D eigenvalue weighted by molar-refractivity contribution is 6.32. The van der Waals surface area contributed by atoms with E-state index in [4.69, 9.17) is 16.3 Å². The summed E-state index contributed by atoms with van der Waals surface area (Å²) < 4.78 is 19.0. The van der Waals surface area contributed by atoms with Crippen LogP contribution in [0.3, 0.4) is 0 Å². The molecule has 2 aromatic rings. The standard InChI is InChI=1S/C15H12ClFO3/c16-11-5-8(1-4-12(11)18)14-7-13(19)10-3-2-9(17)6-15(10)20-14/h1-6,13-14,18-19H,7H2/t13-,14?/m0/s1. The number of hydrogen-bond donors (Lipinski definition) is 2. The molecule has 2 aromatic carbocycles. The molecule has 104 valence electrons. The van der Waals surface area contributed by atoms with Crippen LogP contribution >= 0.6 is 11.6 Å². The van der Waals surface area contributed by atoms with Gasteiger partial charge in [-0.2, -0.15) is 0 Å². The van der Waals surface area contributed by atoms with Crippen LogP contribution < -0.4 is 4.74 Å². The van der Waals surface area contributed by atoms with Gasteiger partial charge in [-0.15, -0.1) is 0 Å². The van der Waals surface area contributed by atoms with Gasteiger partial charge in [-0.1, -0.05) is 17.7 Å². The minimum Gasteiger partial charge on any atom is -0.506 e. The molecule has 0 fully saturated rings. The molecule has 0 amide bonds. The van der Waals surface area contributed by atoms with Crippen molar-refractivity contribution < 1.29 is 19.3 Å². The molecule has 0 spiro atoms. The first-order chi connectivity index (χ1) is 9.54. The van der Waals surface area contributed by atoms with Gasteiger partial charge < -0.3 is 14.9 Å². The largest absolute Gasteiger partial charge is 0.506 e. The number of aliphatic hydroxyl groups is 1. The highest BCUT2D eigenvalue weighted by atomic mass is 35.5. The Morgan fingerprint density at radius 1 is 1.20 bits per heavy atom. The zero-order valence-corrected chi connectivity index (χ0v) is 11.1. The molecule has 0 saturated heterocycles. The van der Waals surface area contributed by atoms with E-state index in [0.29, 0.717) is 17.7 Å². The molecule has 0 aliphatic carbocycles. The summed E-state index contributed by atoms with van der Waals surface area (Å²) in [5.41, 5.74) is 1.30. The lowest BCUT2D eigenvalue weighted by Gasteiger charge is -2.30. The predicted octanol–water partition coefficient (Wildman–Crippen LogP) is 3.74. The smallest absolute Gasteiger partial charge is 0.134 e. The van der Waals surface area contributed by atoms with Gasteiger partial charge in [0.25, 0.3) is 0 Å². The molecule has 20 heavy (non-hydrogen) atoms. The number of phenols is 1. The molecule has 0 bridgehead atoms. The number of ether oxygens (including phenoxy) is 1. The van der Waals surface area contributed by atoms with Gasteiger partial charge in [-0.25, -0.2) is 4.39 Å². The third-order valence-electron chi connectivity index (χ3n) is 3.38. The lowest BCUT2D eigenvalue weighted by Crippen LogP contribution is -2.19. The van der Waals surface area contributed by atoms with Crippen molar-refractivity contribution in [2.75, 3.05) is 0 Å². The Morgan fingerprint density at radius 2 is 2.00 bits per heavy atom. The lowest BCUT2D eigenvalue weighted by molar-refractivity contribution is 0.0653. The zero-order chi connectivity index (χ0) is 14.3. The lowest BCUT2D eigenvalue weighted by atomic mass is 9.95. The SMILES string of the molecule is Oc1ccc(C2C[C@H](O)c3ccc(F)cc3O2)cc1Cl. The van der Waals surface area contributed by atoms with E-state index in [9.17, 15) is 14.6 Å². The van der Waals surface area contributed by atoms with E-state index < -0.39 is 18.0 Å². The molecule has 3 nitrogen and oxygen atoms in total. The number of fused-ring (bicyclic) bond motifs is 1. The van der Waals surface area contributed by atoms with Crippen molar-refractivity contribution in [1.29, 1.82) is 0 Å². The molecule has 0 radical (unpaired) electrons. The third kappa shape index (κ3) is 2.32. The summed E-state index contributed by atoms with van der Waals surface area (Å²) in [6.07, 6.45) is -0.811. The van der Waals surface area contributed by atoms with Crippen LogP contribution in [-0.2, 0) is 0 Å². The summed E-state index contributed by atoms with van der Waals surface area (Å²) >= 11 is 5.87. The van der Waals surface area contributed by atoms with Crippen LogP contribution in [0.5, 0.6) is 11.5 Å². The summed E-state index contributed by atoms with van der Waals surface area (Å²) in [6, 6.07) is 8.79. The van der Waals surface area contributed by atoms with E-state index >= 15 is 0 Å². The van der Waals surface area contributed by atoms with Crippen molar-refractivity contribution in [1.82, 2.24) is 0 Å². The molecular formula is C15H12ClFO3. The number of hydrogen-bond acceptors (Lipinski definition) is 3. The Bertz CT molecular complexity index is 660. The highest BCUT2D eigenvalue weighted by Crippen LogP contribution is 2.41. The number of rotatable bonds is 1. The van der Waals surface area contributed by atoms with Crippen molar-refractivity contribution in [3.05, 3.63) is 58.4 Å². The van der Waals surface area contributed by atoms with Gasteiger partial charge in [0, 0.05) is 18.1 Å². The predicted molar refractivity (Wildman–Crippen MR) is 72.5 cm³/mol. The van der Waals surface area contributed by atoms with Crippen molar-refractivity contribution in [3.63, 3.8) is 0 Å². The first-order valence-electron chi connectivity index (χ1n) is 6.17. The van der Waals surface area contributed by atoms with E-state index in [1.165, 1.54) is 24.3 Å². The van der Waals surface area contributed by atoms with Gasteiger partial charge in [-0.05, 0) is 29.8 Å². The molecule has 0 saturated carbocycles. The Kier molecular flexibility index (Phi) is 3.28. The van der Waals surface area contributed by atoms with Crippen molar-refractivity contribution in [2.24, 2.45) is 0 Å². The van der Waals surface area contributed by atoms with Crippen molar-refractivity contribution >= 4 is 11.6 Å². The molecule has 1 unspecified atom stereocenters. The first-order valence-corrected chi connectivity index (χ1v) is 6.55. The first kappa shape index (κ1) is 13.2. The number of aromatic hydroxyl groups is 1. The van der Waals surface area contributed by atoms with Crippen LogP contribution in [0.25, 0.3) is 0 Å². The number of halogens is 2. The van der Waals surface area contributed by atoms with Crippen LogP contribution in [0.4, 0.5) is 4.39 Å². The maximum absolute atomic E-state index is 13.3. The molecule has 2 N–H and O–H groups in total. The second-order valence-corrected chi connectivity index (χ2v) is 5.16. The Hall–Kier alpha value is -1.78. The van der Waals surface area contributed by atoms with Gasteiger partial charge in [0.15, 0.2) is 0 Å². The molecule has 5 heteroatoms. The number of phenolic OH excluding ortho intramolecular Hbond substituents is 1. The summed E-state index contributed by atoms with van der Waals surface area (Å²) in [5, 5.41) is 19.8. The normalized spacial score (nSPS) is 21.1. The van der Waals surface area contributed by atoms with Crippen LogP contribution in [-0.4, -0.2) is 10.2 Å². The van der Waals surface area contributed by atoms with Crippen LogP contribution in [0, 0.1) is 5.82 Å². The average Bonchev–Trinajstić information content (AvgIpc) is 2.41. The molecular weight excluding hydrogens is 283 g/mol. The maximum atomic E-state index is 13.3. The average molecular weight is 295 g/mol. The van der Waals surface area contributed by atoms with Crippen molar-refractivity contribution in [2.45, 2.75) is 18.6 Å². The molecule has 1 heterocycles. The van der Waals surface area contributed by atoms with E-state index in [0.717, 1.165) is 5.56 Å². The number of aliphatic hydroxyl groups excluding tert-OH is 1. The molecule has 3 rings (SSSR count). The minimum absolute atomic E-state index is 0.0155. The quantitative estimate of drug-likeness (QED) is 0.842. The molecule has 2 atom stereocenters. The summed E-state index contributed by atoms with van der Waals surface area (Å²) in [6.45, 7) is 0. The fourth-order valence-corrected chi connectivity index (χ4v) is 2.53. The molecule has 1 aliphatic heterocycles. The third-order valence-corrected chi connectivity index (χ3v) is 3.69. The van der Waals surface area contributed by atoms with E-state index in [-0.39, 0.29) is 10.8 Å². The number of benzene rings is 2. The monoisotopic (exact) mass is 294 g/mol. The molecule has 0 aromatic heterocycles. The maximum Gasteiger partial charge on any atom is 0.134 e. The van der Waals surface area contributed by atoms with Crippen LogP contribution in [0.1, 0.15) is 29.8 Å². The van der Waals surface area contributed by atoms with E-state index in [1.807, 2.05) is 0 Å². The topological polar surface area (TPSA) is 49.7 Å². The van der Waals surface area contributed by atoms with E-state index in [1.54, 1.807) is 12.1 Å². The Morgan fingerprint density at radius 3 is 2.75 bits per heavy atom. The Balaban J connectivity index is 1.96. The fraction of sp³-hybridized carbons (Fsp3) is 0.200. The van der Waals surface area contributed by atoms with Crippen LogP contribution in [0.15, 0.2) is 36.4 Å². The second-order valence-electron chi connectivity index (χ2n) is 4.75. The Labute approximate surface area is 120 Å². The summed E-state index contributed by atoms with van der Waals surface area (Å²) in [7, 11) is 0. The van der Waals surface area contributed by atoms with Gasteiger partial charge >= 0.3 is 0 Å². The minimum atomic E-state index is -0.725. The summed E-state index contributed by atoms with van der Waals surface area (Å²) in [4.78, 5) is 0.